The van der Waals surface area contributed by atoms with Crippen molar-refractivity contribution < 1.29 is 14.3 Å². The highest BCUT2D eigenvalue weighted by atomic mass is 16.5. The van der Waals surface area contributed by atoms with Gasteiger partial charge >= 0.3 is 0 Å². The number of amides is 2. The maximum atomic E-state index is 12.6. The van der Waals surface area contributed by atoms with Crippen LogP contribution in [0.15, 0.2) is 36.4 Å². The van der Waals surface area contributed by atoms with Crippen molar-refractivity contribution in [3.63, 3.8) is 0 Å². The molecule has 2 amide bonds. The second-order valence-corrected chi connectivity index (χ2v) is 6.37. The molecule has 0 radical (unpaired) electrons. The zero-order valence-electron chi connectivity index (χ0n) is 14.1. The Bertz CT molecular complexity index is 633. The number of benzene rings is 1. The summed E-state index contributed by atoms with van der Waals surface area (Å²) in [7, 11) is 1.59. The minimum Gasteiger partial charge on any atom is -0.497 e. The molecular formula is C19H24N2O3. The number of nitrogens with zero attached hydrogens (tertiary/aromatic N) is 2. The van der Waals surface area contributed by atoms with Gasteiger partial charge in [-0.15, -0.1) is 0 Å². The Morgan fingerprint density at radius 2 is 1.92 bits per heavy atom. The van der Waals surface area contributed by atoms with Crippen LogP contribution < -0.4 is 4.74 Å². The number of hydrogen-bond donors (Lipinski definition) is 0. The molecule has 0 unspecified atom stereocenters. The fourth-order valence-corrected chi connectivity index (χ4v) is 3.32. The van der Waals surface area contributed by atoms with Crippen molar-refractivity contribution in [3.05, 3.63) is 42.0 Å². The number of rotatable bonds is 4. The van der Waals surface area contributed by atoms with E-state index in [9.17, 15) is 9.59 Å². The molecule has 1 aliphatic carbocycles. The van der Waals surface area contributed by atoms with Gasteiger partial charge in [-0.3, -0.25) is 9.59 Å². The Balaban J connectivity index is 1.53. The first-order valence-corrected chi connectivity index (χ1v) is 8.55. The molecule has 1 aromatic carbocycles. The second-order valence-electron chi connectivity index (χ2n) is 6.37. The highest BCUT2D eigenvalue weighted by molar-refractivity contribution is 5.94. The van der Waals surface area contributed by atoms with Crippen molar-refractivity contribution in [2.45, 2.75) is 19.3 Å². The standard InChI is InChI=1S/C19H24N2O3/c1-24-17-8-4-7-16(14-17)19(23)21-11-9-20(10-12-21)18(22)13-15-5-2-3-6-15/h2,4-5,7-8,14-15H,3,6,9-13H2,1H3/t15-/m1/s1. The number of piperazine rings is 1. The molecule has 1 heterocycles. The molecular weight excluding hydrogens is 304 g/mol. The summed E-state index contributed by atoms with van der Waals surface area (Å²) in [5, 5.41) is 0. The molecule has 0 N–H and O–H groups in total. The average Bonchev–Trinajstić information content (AvgIpc) is 3.14. The van der Waals surface area contributed by atoms with Crippen molar-refractivity contribution in [1.29, 1.82) is 0 Å². The lowest BCUT2D eigenvalue weighted by Crippen LogP contribution is -2.50. The van der Waals surface area contributed by atoms with Gasteiger partial charge in [0.25, 0.3) is 5.91 Å². The molecule has 0 aromatic heterocycles. The predicted octanol–water partition coefficient (Wildman–Crippen LogP) is 2.34. The summed E-state index contributed by atoms with van der Waals surface area (Å²) in [6, 6.07) is 7.20. The van der Waals surface area contributed by atoms with Crippen LogP contribution in [0, 0.1) is 5.92 Å². The van der Waals surface area contributed by atoms with Crippen molar-refractivity contribution in [2.75, 3.05) is 33.3 Å². The van der Waals surface area contributed by atoms with Crippen LogP contribution in [0.2, 0.25) is 0 Å². The topological polar surface area (TPSA) is 49.9 Å². The van der Waals surface area contributed by atoms with Crippen LogP contribution in [0.25, 0.3) is 0 Å². The zero-order valence-corrected chi connectivity index (χ0v) is 14.1. The van der Waals surface area contributed by atoms with E-state index in [1.807, 2.05) is 21.9 Å². The lowest BCUT2D eigenvalue weighted by Gasteiger charge is -2.35. The number of carbonyl (C=O) groups is 2. The van der Waals surface area contributed by atoms with Crippen LogP contribution in [0.3, 0.4) is 0 Å². The summed E-state index contributed by atoms with van der Waals surface area (Å²) in [6.45, 7) is 2.40. The van der Waals surface area contributed by atoms with Crippen LogP contribution in [0.5, 0.6) is 5.75 Å². The largest absolute Gasteiger partial charge is 0.497 e. The van der Waals surface area contributed by atoms with E-state index < -0.39 is 0 Å². The Hall–Kier alpha value is -2.30. The van der Waals surface area contributed by atoms with E-state index in [1.165, 1.54) is 0 Å². The summed E-state index contributed by atoms with van der Waals surface area (Å²) >= 11 is 0. The fraction of sp³-hybridized carbons (Fsp3) is 0.474. The SMILES string of the molecule is COc1cccc(C(=O)N2CCN(C(=O)C[C@@H]3C=CCC3)CC2)c1. The maximum absolute atomic E-state index is 12.6. The van der Waals surface area contributed by atoms with Crippen LogP contribution >= 0.6 is 0 Å². The second kappa shape index (κ2) is 7.51. The predicted molar refractivity (Wildman–Crippen MR) is 92.0 cm³/mol. The molecule has 1 fully saturated rings. The van der Waals surface area contributed by atoms with Crippen molar-refractivity contribution >= 4 is 11.8 Å². The average molecular weight is 328 g/mol. The summed E-state index contributed by atoms with van der Waals surface area (Å²) in [4.78, 5) is 28.6. The van der Waals surface area contributed by atoms with E-state index >= 15 is 0 Å². The normalized spacial score (nSPS) is 20.3. The highest BCUT2D eigenvalue weighted by Crippen LogP contribution is 2.22. The monoisotopic (exact) mass is 328 g/mol. The molecule has 1 atom stereocenters. The number of carbonyl (C=O) groups excluding carboxylic acids is 2. The molecule has 1 saturated heterocycles. The smallest absolute Gasteiger partial charge is 0.254 e. The summed E-state index contributed by atoms with van der Waals surface area (Å²) in [5.41, 5.74) is 0.630. The fourth-order valence-electron chi connectivity index (χ4n) is 3.32. The summed E-state index contributed by atoms with van der Waals surface area (Å²) in [6.07, 6.45) is 7.07. The zero-order chi connectivity index (χ0) is 16.9. The van der Waals surface area contributed by atoms with Gasteiger partial charge in [0, 0.05) is 38.2 Å². The van der Waals surface area contributed by atoms with Crippen LogP contribution in [-0.4, -0.2) is 54.9 Å². The van der Waals surface area contributed by atoms with Crippen molar-refractivity contribution in [1.82, 2.24) is 9.80 Å². The summed E-state index contributed by atoms with van der Waals surface area (Å²) < 4.78 is 5.17. The molecule has 5 heteroatoms. The van der Waals surface area contributed by atoms with E-state index in [1.54, 1.807) is 19.2 Å². The van der Waals surface area contributed by atoms with E-state index in [0.29, 0.717) is 49.8 Å². The molecule has 3 rings (SSSR count). The van der Waals surface area contributed by atoms with Gasteiger partial charge in [0.05, 0.1) is 7.11 Å². The minimum atomic E-state index is -0.000254. The Labute approximate surface area is 142 Å². The molecule has 5 nitrogen and oxygen atoms in total. The third kappa shape index (κ3) is 3.78. The number of allylic oxidation sites excluding steroid dienone is 2. The van der Waals surface area contributed by atoms with E-state index in [4.69, 9.17) is 4.74 Å². The Morgan fingerprint density at radius 3 is 2.58 bits per heavy atom. The lowest BCUT2D eigenvalue weighted by atomic mass is 10.0. The molecule has 1 aromatic rings. The first-order chi connectivity index (χ1) is 11.7. The van der Waals surface area contributed by atoms with Gasteiger partial charge in [-0.25, -0.2) is 0 Å². The van der Waals surface area contributed by atoms with Gasteiger partial charge in [-0.05, 0) is 37.0 Å². The molecule has 0 spiro atoms. The third-order valence-electron chi connectivity index (χ3n) is 4.79. The number of ether oxygens (including phenoxy) is 1. The van der Waals surface area contributed by atoms with Crippen LogP contribution in [-0.2, 0) is 4.79 Å². The Kier molecular flexibility index (Phi) is 5.18. The molecule has 1 aliphatic heterocycles. The number of hydrogen-bond acceptors (Lipinski definition) is 3. The molecule has 0 saturated carbocycles. The van der Waals surface area contributed by atoms with Gasteiger partial charge in [-0.1, -0.05) is 18.2 Å². The van der Waals surface area contributed by atoms with Gasteiger partial charge < -0.3 is 14.5 Å². The van der Waals surface area contributed by atoms with Gasteiger partial charge in [0.1, 0.15) is 5.75 Å². The lowest BCUT2D eigenvalue weighted by molar-refractivity contribution is -0.133. The third-order valence-corrected chi connectivity index (χ3v) is 4.79. The molecule has 2 aliphatic rings. The maximum Gasteiger partial charge on any atom is 0.254 e. The van der Waals surface area contributed by atoms with Gasteiger partial charge in [0.2, 0.25) is 5.91 Å². The molecule has 128 valence electrons. The van der Waals surface area contributed by atoms with Gasteiger partial charge in [0.15, 0.2) is 0 Å². The quantitative estimate of drug-likeness (QED) is 0.797. The Morgan fingerprint density at radius 1 is 1.17 bits per heavy atom. The van der Waals surface area contributed by atoms with E-state index in [2.05, 4.69) is 12.2 Å². The molecule has 0 bridgehead atoms. The van der Waals surface area contributed by atoms with Crippen LogP contribution in [0.1, 0.15) is 29.6 Å². The van der Waals surface area contributed by atoms with E-state index in [-0.39, 0.29) is 11.8 Å². The first-order valence-electron chi connectivity index (χ1n) is 8.55. The van der Waals surface area contributed by atoms with Gasteiger partial charge in [-0.2, -0.15) is 0 Å². The van der Waals surface area contributed by atoms with E-state index in [0.717, 1.165) is 12.8 Å². The first kappa shape index (κ1) is 16.6. The summed E-state index contributed by atoms with van der Waals surface area (Å²) in [5.74, 6) is 1.29. The van der Waals surface area contributed by atoms with Crippen molar-refractivity contribution in [3.8, 4) is 5.75 Å². The highest BCUT2D eigenvalue weighted by Gasteiger charge is 2.26. The van der Waals surface area contributed by atoms with Crippen LogP contribution in [0.4, 0.5) is 0 Å². The molecule has 24 heavy (non-hydrogen) atoms. The number of methoxy groups -OCH3 is 1. The van der Waals surface area contributed by atoms with Crippen molar-refractivity contribution in [2.24, 2.45) is 5.92 Å². The minimum absolute atomic E-state index is 0.000254.